The van der Waals surface area contributed by atoms with Crippen molar-refractivity contribution in [2.75, 3.05) is 21.3 Å². The molecular weight excluding hydrogens is 332 g/mol. The first-order valence-corrected chi connectivity index (χ1v) is 8.33. The van der Waals surface area contributed by atoms with Crippen molar-refractivity contribution in [3.8, 4) is 17.2 Å². The molecule has 0 heterocycles. The molecule has 0 saturated heterocycles. The topological polar surface area (TPSA) is 69.2 Å². The van der Waals surface area contributed by atoms with E-state index in [-0.39, 0.29) is 5.91 Å². The van der Waals surface area contributed by atoms with Gasteiger partial charge in [-0.15, -0.1) is 0 Å². The average Bonchev–Trinajstić information content (AvgIpc) is 2.68. The van der Waals surface area contributed by atoms with Crippen LogP contribution < -0.4 is 19.6 Å². The molecule has 1 amide bonds. The number of aryl methyl sites for hydroxylation is 1. The van der Waals surface area contributed by atoms with Crippen molar-refractivity contribution >= 4 is 12.1 Å². The van der Waals surface area contributed by atoms with Gasteiger partial charge in [0.1, 0.15) is 17.2 Å². The first-order chi connectivity index (χ1) is 12.7. The molecular formula is C20H24N2O4. The highest BCUT2D eigenvalue weighted by Gasteiger charge is 2.04. The average molecular weight is 356 g/mol. The van der Waals surface area contributed by atoms with Crippen LogP contribution in [0.1, 0.15) is 24.0 Å². The Hall–Kier alpha value is -3.02. The Bertz CT molecular complexity index is 742. The Morgan fingerprint density at radius 3 is 2.35 bits per heavy atom. The minimum Gasteiger partial charge on any atom is -0.497 e. The van der Waals surface area contributed by atoms with Crippen molar-refractivity contribution in [1.29, 1.82) is 0 Å². The molecule has 6 nitrogen and oxygen atoms in total. The number of hydrazone groups is 1. The first kappa shape index (κ1) is 19.3. The van der Waals surface area contributed by atoms with E-state index in [0.29, 0.717) is 17.9 Å². The summed E-state index contributed by atoms with van der Waals surface area (Å²) in [6.07, 6.45) is 3.54. The lowest BCUT2D eigenvalue weighted by atomic mass is 10.1. The summed E-state index contributed by atoms with van der Waals surface area (Å²) in [6, 6.07) is 13.2. The number of hydrogen-bond donors (Lipinski definition) is 1. The van der Waals surface area contributed by atoms with Gasteiger partial charge in [-0.2, -0.15) is 5.10 Å². The molecule has 1 N–H and O–H groups in total. The lowest BCUT2D eigenvalue weighted by Crippen LogP contribution is -2.17. The SMILES string of the molecule is COc1ccc(CCCC(=O)N/N=C/c2ccc(OC)cc2OC)cc1. The second kappa shape index (κ2) is 10.1. The van der Waals surface area contributed by atoms with Gasteiger partial charge in [0.25, 0.3) is 0 Å². The summed E-state index contributed by atoms with van der Waals surface area (Å²) < 4.78 is 15.6. The van der Waals surface area contributed by atoms with Gasteiger partial charge < -0.3 is 14.2 Å². The molecule has 26 heavy (non-hydrogen) atoms. The number of rotatable bonds is 9. The van der Waals surface area contributed by atoms with E-state index in [1.165, 1.54) is 5.56 Å². The van der Waals surface area contributed by atoms with Crippen LogP contribution in [0.25, 0.3) is 0 Å². The van der Waals surface area contributed by atoms with E-state index in [1.807, 2.05) is 30.3 Å². The number of carbonyl (C=O) groups is 1. The maximum atomic E-state index is 11.9. The zero-order chi connectivity index (χ0) is 18.8. The maximum Gasteiger partial charge on any atom is 0.240 e. The highest BCUT2D eigenvalue weighted by molar-refractivity contribution is 5.85. The van der Waals surface area contributed by atoms with Crippen LogP contribution in [-0.4, -0.2) is 33.5 Å². The van der Waals surface area contributed by atoms with Crippen LogP contribution in [0.5, 0.6) is 17.2 Å². The van der Waals surface area contributed by atoms with Crippen molar-refractivity contribution in [2.24, 2.45) is 5.10 Å². The summed E-state index contributed by atoms with van der Waals surface area (Å²) in [5.74, 6) is 2.03. The number of benzene rings is 2. The molecule has 0 aliphatic rings. The minimum absolute atomic E-state index is 0.123. The van der Waals surface area contributed by atoms with E-state index in [0.717, 1.165) is 24.2 Å². The molecule has 0 aromatic heterocycles. The third-order valence-corrected chi connectivity index (χ3v) is 3.86. The lowest BCUT2D eigenvalue weighted by Gasteiger charge is -2.07. The normalized spacial score (nSPS) is 10.6. The number of ether oxygens (including phenoxy) is 3. The quantitative estimate of drug-likeness (QED) is 0.553. The maximum absolute atomic E-state index is 11.9. The second-order valence-electron chi connectivity index (χ2n) is 5.60. The number of methoxy groups -OCH3 is 3. The van der Waals surface area contributed by atoms with Gasteiger partial charge in [0, 0.05) is 18.1 Å². The highest BCUT2D eigenvalue weighted by atomic mass is 16.5. The van der Waals surface area contributed by atoms with Crippen LogP contribution in [0.3, 0.4) is 0 Å². The van der Waals surface area contributed by atoms with Gasteiger partial charge in [-0.1, -0.05) is 12.1 Å². The van der Waals surface area contributed by atoms with Crippen molar-refractivity contribution in [3.63, 3.8) is 0 Å². The first-order valence-electron chi connectivity index (χ1n) is 8.33. The number of carbonyl (C=O) groups excluding carboxylic acids is 1. The Kier molecular flexibility index (Phi) is 7.49. The molecule has 0 aliphatic heterocycles. The van der Waals surface area contributed by atoms with Crippen molar-refractivity contribution < 1.29 is 19.0 Å². The fourth-order valence-electron chi connectivity index (χ4n) is 2.40. The fraction of sp³-hybridized carbons (Fsp3) is 0.300. The number of hydrogen-bond acceptors (Lipinski definition) is 5. The van der Waals surface area contributed by atoms with E-state index in [9.17, 15) is 4.79 Å². The Morgan fingerprint density at radius 1 is 1.00 bits per heavy atom. The summed E-state index contributed by atoms with van der Waals surface area (Å²) in [6.45, 7) is 0. The van der Waals surface area contributed by atoms with Crippen LogP contribution in [0.2, 0.25) is 0 Å². The van der Waals surface area contributed by atoms with Gasteiger partial charge in [-0.25, -0.2) is 5.43 Å². The van der Waals surface area contributed by atoms with Crippen LogP contribution >= 0.6 is 0 Å². The van der Waals surface area contributed by atoms with Crippen LogP contribution in [-0.2, 0) is 11.2 Å². The zero-order valence-electron chi connectivity index (χ0n) is 15.3. The molecule has 0 spiro atoms. The molecule has 6 heteroatoms. The number of nitrogens with zero attached hydrogens (tertiary/aromatic N) is 1. The van der Waals surface area contributed by atoms with Gasteiger partial charge in [-0.3, -0.25) is 4.79 Å². The molecule has 138 valence electrons. The summed E-state index contributed by atoms with van der Waals surface area (Å²) in [7, 11) is 4.81. The number of amides is 1. The van der Waals surface area contributed by atoms with Gasteiger partial charge in [0.15, 0.2) is 0 Å². The van der Waals surface area contributed by atoms with Gasteiger partial charge in [0.05, 0.1) is 27.5 Å². The molecule has 2 aromatic rings. The van der Waals surface area contributed by atoms with Crippen molar-refractivity contribution in [2.45, 2.75) is 19.3 Å². The largest absolute Gasteiger partial charge is 0.497 e. The van der Waals surface area contributed by atoms with Gasteiger partial charge >= 0.3 is 0 Å². The molecule has 0 aliphatic carbocycles. The van der Waals surface area contributed by atoms with Crippen molar-refractivity contribution in [1.82, 2.24) is 5.43 Å². The van der Waals surface area contributed by atoms with Crippen LogP contribution in [0.15, 0.2) is 47.6 Å². The predicted octanol–water partition coefficient (Wildman–Crippen LogP) is 3.19. The van der Waals surface area contributed by atoms with Crippen LogP contribution in [0, 0.1) is 0 Å². The molecule has 0 radical (unpaired) electrons. The van der Waals surface area contributed by atoms with Gasteiger partial charge in [0.2, 0.25) is 5.91 Å². The minimum atomic E-state index is -0.123. The van der Waals surface area contributed by atoms with Crippen molar-refractivity contribution in [3.05, 3.63) is 53.6 Å². The van der Waals surface area contributed by atoms with E-state index in [1.54, 1.807) is 39.7 Å². The molecule has 0 atom stereocenters. The van der Waals surface area contributed by atoms with E-state index in [4.69, 9.17) is 14.2 Å². The molecule has 0 bridgehead atoms. The Balaban J connectivity index is 1.78. The lowest BCUT2D eigenvalue weighted by molar-refractivity contribution is -0.121. The van der Waals surface area contributed by atoms with E-state index < -0.39 is 0 Å². The molecule has 0 fully saturated rings. The van der Waals surface area contributed by atoms with Crippen LogP contribution in [0.4, 0.5) is 0 Å². The molecule has 2 rings (SSSR count). The zero-order valence-corrected chi connectivity index (χ0v) is 15.3. The predicted molar refractivity (Wildman–Crippen MR) is 101 cm³/mol. The summed E-state index contributed by atoms with van der Waals surface area (Å²) in [5.41, 5.74) is 4.47. The standard InChI is InChI=1S/C20H24N2O4/c1-24-17-10-7-15(8-11-17)5-4-6-20(23)22-21-14-16-9-12-18(25-2)13-19(16)26-3/h7-14H,4-6H2,1-3H3,(H,22,23)/b21-14+. The monoisotopic (exact) mass is 356 g/mol. The fourth-order valence-corrected chi connectivity index (χ4v) is 2.40. The number of nitrogens with one attached hydrogen (secondary N) is 1. The summed E-state index contributed by atoms with van der Waals surface area (Å²) in [5, 5.41) is 3.99. The smallest absolute Gasteiger partial charge is 0.240 e. The van der Waals surface area contributed by atoms with Gasteiger partial charge in [-0.05, 0) is 42.7 Å². The third-order valence-electron chi connectivity index (χ3n) is 3.86. The molecule has 0 unspecified atom stereocenters. The Morgan fingerprint density at radius 2 is 1.69 bits per heavy atom. The van der Waals surface area contributed by atoms with E-state index in [2.05, 4.69) is 10.5 Å². The Labute approximate surface area is 153 Å². The van der Waals surface area contributed by atoms with E-state index >= 15 is 0 Å². The molecule has 2 aromatic carbocycles. The molecule has 0 saturated carbocycles. The third kappa shape index (κ3) is 5.81. The summed E-state index contributed by atoms with van der Waals surface area (Å²) >= 11 is 0. The highest BCUT2D eigenvalue weighted by Crippen LogP contribution is 2.23. The summed E-state index contributed by atoms with van der Waals surface area (Å²) in [4.78, 5) is 11.9. The second-order valence-corrected chi connectivity index (χ2v) is 5.60.